The Kier molecular flexibility index (Phi) is 5.94. The second-order valence-electron chi connectivity index (χ2n) is 3.10. The van der Waals surface area contributed by atoms with Crippen molar-refractivity contribution in [3.05, 3.63) is 39.4 Å². The Bertz CT molecular complexity index is 457. The molecule has 0 aliphatic carbocycles. The van der Waals surface area contributed by atoms with E-state index in [0.717, 1.165) is 16.3 Å². The number of halogens is 1. The summed E-state index contributed by atoms with van der Waals surface area (Å²) >= 11 is 7.21. The van der Waals surface area contributed by atoms with Gasteiger partial charge in [0.15, 0.2) is 4.47 Å². The molecule has 2 aromatic rings. The molecule has 0 bridgehead atoms. The molecule has 0 radical (unpaired) electrons. The van der Waals surface area contributed by atoms with Crippen LogP contribution in [0.3, 0.4) is 0 Å². The van der Waals surface area contributed by atoms with Gasteiger partial charge in [-0.3, -0.25) is 0 Å². The van der Waals surface area contributed by atoms with E-state index >= 15 is 0 Å². The first-order valence-electron chi connectivity index (χ1n) is 5.51. The lowest BCUT2D eigenvalue weighted by atomic mass is 10.3. The minimum absolute atomic E-state index is 0.574. The molecule has 2 heterocycles. The first-order valence-corrected chi connectivity index (χ1v) is 6.71. The molecular formula is C12H16ClN3S. The van der Waals surface area contributed by atoms with E-state index in [4.69, 9.17) is 11.6 Å². The van der Waals surface area contributed by atoms with Crippen molar-refractivity contribution in [2.45, 2.75) is 27.3 Å². The summed E-state index contributed by atoms with van der Waals surface area (Å²) in [7, 11) is 0. The lowest BCUT2D eigenvalue weighted by Crippen LogP contribution is -2.01. The number of pyridine rings is 1. The van der Waals surface area contributed by atoms with Crippen LogP contribution in [-0.4, -0.2) is 9.97 Å². The molecule has 92 valence electrons. The zero-order valence-corrected chi connectivity index (χ0v) is 11.8. The van der Waals surface area contributed by atoms with Crippen molar-refractivity contribution in [3.63, 3.8) is 0 Å². The van der Waals surface area contributed by atoms with Gasteiger partial charge in [-0.1, -0.05) is 31.5 Å². The Labute approximate surface area is 111 Å². The van der Waals surface area contributed by atoms with Crippen LogP contribution in [0.15, 0.2) is 24.5 Å². The van der Waals surface area contributed by atoms with E-state index in [1.807, 2.05) is 32.9 Å². The Balaban J connectivity index is 0.000000686. The number of rotatable bonds is 3. The largest absolute Gasteiger partial charge is 0.365 e. The SMILES string of the molecule is CC.Cc1cccnc1NCc1cnc(Cl)s1. The third kappa shape index (κ3) is 4.32. The molecule has 0 aliphatic rings. The summed E-state index contributed by atoms with van der Waals surface area (Å²) in [6, 6.07) is 3.94. The van der Waals surface area contributed by atoms with Gasteiger partial charge in [0.25, 0.3) is 0 Å². The van der Waals surface area contributed by atoms with E-state index in [-0.39, 0.29) is 0 Å². The van der Waals surface area contributed by atoms with Crippen LogP contribution in [0.25, 0.3) is 0 Å². The molecule has 1 N–H and O–H groups in total. The summed E-state index contributed by atoms with van der Waals surface area (Å²) in [6.07, 6.45) is 3.55. The number of hydrogen-bond acceptors (Lipinski definition) is 4. The van der Waals surface area contributed by atoms with Gasteiger partial charge in [0.05, 0.1) is 6.54 Å². The van der Waals surface area contributed by atoms with Crippen LogP contribution in [0.1, 0.15) is 24.3 Å². The van der Waals surface area contributed by atoms with Crippen LogP contribution in [-0.2, 0) is 6.54 Å². The Morgan fingerprint density at radius 1 is 1.35 bits per heavy atom. The van der Waals surface area contributed by atoms with Gasteiger partial charge >= 0.3 is 0 Å². The van der Waals surface area contributed by atoms with Gasteiger partial charge in [-0.2, -0.15) is 0 Å². The fourth-order valence-corrected chi connectivity index (χ4v) is 2.12. The Morgan fingerprint density at radius 3 is 2.71 bits per heavy atom. The van der Waals surface area contributed by atoms with Gasteiger partial charge < -0.3 is 5.32 Å². The topological polar surface area (TPSA) is 37.8 Å². The maximum Gasteiger partial charge on any atom is 0.183 e. The van der Waals surface area contributed by atoms with Gasteiger partial charge in [-0.15, -0.1) is 11.3 Å². The number of thiazole rings is 1. The van der Waals surface area contributed by atoms with E-state index in [9.17, 15) is 0 Å². The smallest absolute Gasteiger partial charge is 0.183 e. The van der Waals surface area contributed by atoms with Crippen LogP contribution in [0.2, 0.25) is 4.47 Å². The van der Waals surface area contributed by atoms with E-state index in [1.165, 1.54) is 11.3 Å². The van der Waals surface area contributed by atoms with Crippen molar-refractivity contribution in [2.24, 2.45) is 0 Å². The van der Waals surface area contributed by atoms with Gasteiger partial charge in [-0.05, 0) is 18.6 Å². The summed E-state index contributed by atoms with van der Waals surface area (Å²) in [5.74, 6) is 0.905. The first kappa shape index (κ1) is 13.9. The van der Waals surface area contributed by atoms with Crippen LogP contribution in [0.5, 0.6) is 0 Å². The van der Waals surface area contributed by atoms with Gasteiger partial charge in [-0.25, -0.2) is 9.97 Å². The van der Waals surface area contributed by atoms with Gasteiger partial charge in [0.1, 0.15) is 5.82 Å². The lowest BCUT2D eigenvalue weighted by molar-refractivity contribution is 1.11. The summed E-state index contributed by atoms with van der Waals surface area (Å²) < 4.78 is 0.574. The van der Waals surface area contributed by atoms with Crippen molar-refractivity contribution in [1.82, 2.24) is 9.97 Å². The number of hydrogen-bond donors (Lipinski definition) is 1. The lowest BCUT2D eigenvalue weighted by Gasteiger charge is -2.05. The molecule has 0 atom stereocenters. The van der Waals surface area contributed by atoms with E-state index in [1.54, 1.807) is 12.4 Å². The maximum absolute atomic E-state index is 5.74. The number of nitrogens with zero attached hydrogens (tertiary/aromatic N) is 2. The predicted molar refractivity (Wildman–Crippen MR) is 74.8 cm³/mol. The van der Waals surface area contributed by atoms with Crippen LogP contribution >= 0.6 is 22.9 Å². The monoisotopic (exact) mass is 269 g/mol. The van der Waals surface area contributed by atoms with E-state index < -0.39 is 0 Å². The highest BCUT2D eigenvalue weighted by Crippen LogP contribution is 2.19. The minimum Gasteiger partial charge on any atom is -0.365 e. The quantitative estimate of drug-likeness (QED) is 0.910. The molecule has 0 unspecified atom stereocenters. The first-order chi connectivity index (χ1) is 8.25. The number of aryl methyl sites for hydroxylation is 1. The molecule has 5 heteroatoms. The van der Waals surface area contributed by atoms with Gasteiger partial charge in [0, 0.05) is 17.3 Å². The molecule has 2 aromatic heterocycles. The third-order valence-corrected chi connectivity index (χ3v) is 3.08. The molecular weight excluding hydrogens is 254 g/mol. The summed E-state index contributed by atoms with van der Waals surface area (Å²) in [6.45, 7) is 6.73. The molecule has 0 aliphatic heterocycles. The standard InChI is InChI=1S/C10H10ClN3S.C2H6/c1-7-3-2-4-12-9(7)13-5-8-6-14-10(11)15-8;1-2/h2-4,6H,5H2,1H3,(H,12,13);1-2H3. The average molecular weight is 270 g/mol. The molecule has 0 saturated heterocycles. The zero-order chi connectivity index (χ0) is 12.7. The second-order valence-corrected chi connectivity index (χ2v) is 4.80. The normalized spacial score (nSPS) is 9.41. The average Bonchev–Trinajstić information content (AvgIpc) is 2.77. The number of anilines is 1. The summed E-state index contributed by atoms with van der Waals surface area (Å²) in [5, 5.41) is 3.24. The van der Waals surface area contributed by atoms with E-state index in [0.29, 0.717) is 11.0 Å². The van der Waals surface area contributed by atoms with Crippen molar-refractivity contribution in [3.8, 4) is 0 Å². The highest BCUT2D eigenvalue weighted by molar-refractivity contribution is 7.15. The van der Waals surface area contributed by atoms with Crippen molar-refractivity contribution >= 4 is 28.8 Å². The summed E-state index contributed by atoms with van der Waals surface area (Å²) in [5.41, 5.74) is 1.13. The van der Waals surface area contributed by atoms with Crippen LogP contribution < -0.4 is 5.32 Å². The van der Waals surface area contributed by atoms with Crippen molar-refractivity contribution in [1.29, 1.82) is 0 Å². The Morgan fingerprint density at radius 2 is 2.12 bits per heavy atom. The fourth-order valence-electron chi connectivity index (χ4n) is 1.21. The van der Waals surface area contributed by atoms with Crippen molar-refractivity contribution < 1.29 is 0 Å². The molecule has 3 nitrogen and oxygen atoms in total. The van der Waals surface area contributed by atoms with Crippen LogP contribution in [0.4, 0.5) is 5.82 Å². The third-order valence-electron chi connectivity index (χ3n) is 1.96. The maximum atomic E-state index is 5.74. The van der Waals surface area contributed by atoms with Crippen molar-refractivity contribution in [2.75, 3.05) is 5.32 Å². The van der Waals surface area contributed by atoms with Crippen LogP contribution in [0, 0.1) is 6.92 Å². The second kappa shape index (κ2) is 7.25. The molecule has 0 saturated carbocycles. The molecule has 0 amide bonds. The molecule has 17 heavy (non-hydrogen) atoms. The molecule has 2 rings (SSSR count). The summed E-state index contributed by atoms with van der Waals surface area (Å²) in [4.78, 5) is 9.32. The zero-order valence-electron chi connectivity index (χ0n) is 10.2. The number of nitrogens with one attached hydrogen (secondary N) is 1. The fraction of sp³-hybridized carbons (Fsp3) is 0.333. The molecule has 0 aromatic carbocycles. The highest BCUT2D eigenvalue weighted by atomic mass is 35.5. The Hall–Kier alpha value is -1.13. The predicted octanol–water partition coefficient (Wildman–Crippen LogP) is 4.14. The molecule has 0 fully saturated rings. The highest BCUT2D eigenvalue weighted by Gasteiger charge is 2.01. The number of aromatic nitrogens is 2. The van der Waals surface area contributed by atoms with E-state index in [2.05, 4.69) is 15.3 Å². The van der Waals surface area contributed by atoms with Gasteiger partial charge in [0.2, 0.25) is 0 Å². The molecule has 0 spiro atoms. The minimum atomic E-state index is 0.574.